The monoisotopic (exact) mass is 164 g/mol. The van der Waals surface area contributed by atoms with Gasteiger partial charge in [-0.25, -0.2) is 5.14 Å². The fourth-order valence-corrected chi connectivity index (χ4v) is 1.83. The van der Waals surface area contributed by atoms with Gasteiger partial charge in [-0.2, -0.15) is 12.7 Å². The van der Waals surface area contributed by atoms with Crippen LogP contribution >= 0.6 is 0 Å². The Morgan fingerprint density at radius 1 is 1.60 bits per heavy atom. The highest BCUT2D eigenvalue weighted by molar-refractivity contribution is 7.86. The predicted octanol–water partition coefficient (Wildman–Crippen LogP) is -0.468. The third kappa shape index (κ3) is 1.47. The maximum Gasteiger partial charge on any atom is 0.276 e. The summed E-state index contributed by atoms with van der Waals surface area (Å²) in [6.45, 7) is 3.26. The van der Waals surface area contributed by atoms with E-state index in [1.807, 2.05) is 6.92 Å². The standard InChI is InChI=1S/C5H12N2O2S/c1-2-5-3-7(4-5)10(6,8)9/h5H,2-4H2,1H3,(H2,6,8,9). The second-order valence-corrected chi connectivity index (χ2v) is 4.18. The van der Waals surface area contributed by atoms with Gasteiger partial charge in [0.25, 0.3) is 10.2 Å². The molecule has 1 rings (SSSR count). The Morgan fingerprint density at radius 3 is 2.40 bits per heavy atom. The second-order valence-electron chi connectivity index (χ2n) is 2.64. The van der Waals surface area contributed by atoms with Crippen molar-refractivity contribution in [3.63, 3.8) is 0 Å². The van der Waals surface area contributed by atoms with Crippen molar-refractivity contribution in [1.29, 1.82) is 0 Å². The highest BCUT2D eigenvalue weighted by Gasteiger charge is 2.31. The maximum atomic E-state index is 10.6. The van der Waals surface area contributed by atoms with Gasteiger partial charge < -0.3 is 0 Å². The normalized spacial score (nSPS) is 22.6. The van der Waals surface area contributed by atoms with Gasteiger partial charge in [0.15, 0.2) is 0 Å². The summed E-state index contributed by atoms with van der Waals surface area (Å²) in [5, 5.41) is 4.86. The molecule has 1 aliphatic heterocycles. The van der Waals surface area contributed by atoms with Crippen molar-refractivity contribution < 1.29 is 8.42 Å². The van der Waals surface area contributed by atoms with Crippen LogP contribution in [0.15, 0.2) is 0 Å². The molecule has 0 spiro atoms. The molecule has 0 aromatic carbocycles. The van der Waals surface area contributed by atoms with Crippen LogP contribution in [0.2, 0.25) is 0 Å². The molecule has 0 aromatic heterocycles. The minimum absolute atomic E-state index is 0.526. The third-order valence-corrected chi connectivity index (χ3v) is 2.88. The lowest BCUT2D eigenvalue weighted by Crippen LogP contribution is -2.52. The summed E-state index contributed by atoms with van der Waals surface area (Å²) in [6.07, 6.45) is 1.03. The van der Waals surface area contributed by atoms with E-state index in [0.717, 1.165) is 6.42 Å². The first-order valence-corrected chi connectivity index (χ1v) is 4.82. The minimum atomic E-state index is -3.38. The SMILES string of the molecule is CCC1CN(S(N)(=O)=O)C1. The molecule has 4 nitrogen and oxygen atoms in total. The number of hydrogen-bond donors (Lipinski definition) is 1. The van der Waals surface area contributed by atoms with Gasteiger partial charge in [0.1, 0.15) is 0 Å². The predicted molar refractivity (Wildman–Crippen MR) is 38.5 cm³/mol. The molecule has 0 aliphatic carbocycles. The van der Waals surface area contributed by atoms with Gasteiger partial charge in [-0.1, -0.05) is 13.3 Å². The van der Waals surface area contributed by atoms with Gasteiger partial charge in [-0.15, -0.1) is 0 Å². The Hall–Kier alpha value is -0.130. The first-order valence-electron chi connectivity index (χ1n) is 3.32. The lowest BCUT2D eigenvalue weighted by molar-refractivity contribution is 0.196. The number of nitrogens with two attached hydrogens (primary N) is 1. The maximum absolute atomic E-state index is 10.6. The summed E-state index contributed by atoms with van der Waals surface area (Å²) in [5.74, 6) is 0.526. The largest absolute Gasteiger partial charge is 0.276 e. The lowest BCUT2D eigenvalue weighted by Gasteiger charge is -2.35. The zero-order chi connectivity index (χ0) is 7.78. The summed E-state index contributed by atoms with van der Waals surface area (Å²) in [4.78, 5) is 0. The van der Waals surface area contributed by atoms with Crippen molar-refractivity contribution in [3.05, 3.63) is 0 Å². The Balaban J connectivity index is 2.41. The molecule has 60 valence electrons. The molecule has 0 aromatic rings. The first kappa shape index (κ1) is 7.97. The van der Waals surface area contributed by atoms with E-state index in [0.29, 0.717) is 19.0 Å². The van der Waals surface area contributed by atoms with Crippen LogP contribution < -0.4 is 5.14 Å². The summed E-state index contributed by atoms with van der Waals surface area (Å²) < 4.78 is 22.5. The average molecular weight is 164 g/mol. The molecule has 1 heterocycles. The van der Waals surface area contributed by atoms with Crippen molar-refractivity contribution >= 4 is 10.2 Å². The molecular weight excluding hydrogens is 152 g/mol. The lowest BCUT2D eigenvalue weighted by atomic mass is 10.0. The van der Waals surface area contributed by atoms with Gasteiger partial charge in [0, 0.05) is 13.1 Å². The molecule has 0 radical (unpaired) electrons. The van der Waals surface area contributed by atoms with Crippen LogP contribution in [0.1, 0.15) is 13.3 Å². The minimum Gasteiger partial charge on any atom is -0.216 e. The molecule has 5 heteroatoms. The number of rotatable bonds is 2. The van der Waals surface area contributed by atoms with Crippen LogP contribution in [-0.2, 0) is 10.2 Å². The molecule has 0 saturated carbocycles. The summed E-state index contributed by atoms with van der Waals surface area (Å²) in [6, 6.07) is 0. The molecular formula is C5H12N2O2S. The summed E-state index contributed by atoms with van der Waals surface area (Å²) >= 11 is 0. The topological polar surface area (TPSA) is 63.4 Å². The molecule has 0 bridgehead atoms. The Morgan fingerprint density at radius 2 is 2.10 bits per heavy atom. The van der Waals surface area contributed by atoms with Gasteiger partial charge in [0.05, 0.1) is 0 Å². The zero-order valence-corrected chi connectivity index (χ0v) is 6.76. The van der Waals surface area contributed by atoms with Crippen LogP contribution in [-0.4, -0.2) is 25.8 Å². The second kappa shape index (κ2) is 2.48. The molecule has 1 saturated heterocycles. The molecule has 0 amide bonds. The smallest absolute Gasteiger partial charge is 0.216 e. The van der Waals surface area contributed by atoms with Gasteiger partial charge in [0.2, 0.25) is 0 Å². The van der Waals surface area contributed by atoms with E-state index in [9.17, 15) is 8.42 Å². The van der Waals surface area contributed by atoms with Gasteiger partial charge >= 0.3 is 0 Å². The Bertz CT molecular complexity index is 206. The van der Waals surface area contributed by atoms with Crippen molar-refractivity contribution in [2.75, 3.05) is 13.1 Å². The van der Waals surface area contributed by atoms with Gasteiger partial charge in [-0.3, -0.25) is 0 Å². The third-order valence-electron chi connectivity index (χ3n) is 1.86. The fourth-order valence-electron chi connectivity index (χ4n) is 0.988. The molecule has 1 fully saturated rings. The highest BCUT2D eigenvalue weighted by Crippen LogP contribution is 2.19. The average Bonchev–Trinajstić information content (AvgIpc) is 1.57. The van der Waals surface area contributed by atoms with Gasteiger partial charge in [-0.05, 0) is 5.92 Å². The van der Waals surface area contributed by atoms with E-state index in [1.165, 1.54) is 4.31 Å². The Labute approximate surface area is 61.2 Å². The van der Waals surface area contributed by atoms with Crippen molar-refractivity contribution in [2.24, 2.45) is 11.1 Å². The number of nitrogens with zero attached hydrogens (tertiary/aromatic N) is 1. The van der Waals surface area contributed by atoms with E-state index in [4.69, 9.17) is 5.14 Å². The van der Waals surface area contributed by atoms with E-state index >= 15 is 0 Å². The van der Waals surface area contributed by atoms with E-state index in [-0.39, 0.29) is 0 Å². The number of hydrogen-bond acceptors (Lipinski definition) is 2. The van der Waals surface area contributed by atoms with Crippen LogP contribution in [0.4, 0.5) is 0 Å². The zero-order valence-electron chi connectivity index (χ0n) is 5.95. The van der Waals surface area contributed by atoms with Crippen LogP contribution in [0.5, 0.6) is 0 Å². The van der Waals surface area contributed by atoms with Crippen molar-refractivity contribution in [2.45, 2.75) is 13.3 Å². The van der Waals surface area contributed by atoms with E-state index < -0.39 is 10.2 Å². The molecule has 1 aliphatic rings. The molecule has 10 heavy (non-hydrogen) atoms. The molecule has 2 N–H and O–H groups in total. The van der Waals surface area contributed by atoms with Crippen molar-refractivity contribution in [1.82, 2.24) is 4.31 Å². The highest BCUT2D eigenvalue weighted by atomic mass is 32.2. The Kier molecular flexibility index (Phi) is 1.98. The fraction of sp³-hybridized carbons (Fsp3) is 1.00. The van der Waals surface area contributed by atoms with E-state index in [1.54, 1.807) is 0 Å². The van der Waals surface area contributed by atoms with Crippen LogP contribution in [0.25, 0.3) is 0 Å². The van der Waals surface area contributed by atoms with Crippen LogP contribution in [0.3, 0.4) is 0 Å². The first-order chi connectivity index (χ1) is 4.54. The molecule has 0 unspecified atom stereocenters. The van der Waals surface area contributed by atoms with Crippen LogP contribution in [0, 0.1) is 5.92 Å². The molecule has 0 atom stereocenters. The summed E-state index contributed by atoms with van der Waals surface area (Å²) in [7, 11) is -3.38. The quantitative estimate of drug-likeness (QED) is 0.599. The van der Waals surface area contributed by atoms with E-state index in [2.05, 4.69) is 0 Å². The van der Waals surface area contributed by atoms with Crippen molar-refractivity contribution in [3.8, 4) is 0 Å². The summed E-state index contributed by atoms with van der Waals surface area (Å²) in [5.41, 5.74) is 0.